The lowest BCUT2D eigenvalue weighted by atomic mass is 9.98. The number of H-pyrrole nitrogens is 1. The summed E-state index contributed by atoms with van der Waals surface area (Å²) in [5.74, 6) is -0.168. The molecular formula is C17H30N4O3S. The quantitative estimate of drug-likeness (QED) is 0.796. The Bertz CT molecular complexity index is 673. The van der Waals surface area contributed by atoms with Crippen molar-refractivity contribution in [2.75, 3.05) is 26.2 Å². The van der Waals surface area contributed by atoms with E-state index in [2.05, 4.69) is 24.0 Å². The van der Waals surface area contributed by atoms with Crippen molar-refractivity contribution < 1.29 is 13.2 Å². The van der Waals surface area contributed by atoms with Crippen LogP contribution in [0.2, 0.25) is 0 Å². The first-order valence-electron chi connectivity index (χ1n) is 9.13. The number of hydrogen-bond donors (Lipinski definition) is 1. The Morgan fingerprint density at radius 1 is 1.28 bits per heavy atom. The maximum absolute atomic E-state index is 13.0. The molecule has 2 rings (SSSR count). The minimum atomic E-state index is -3.63. The van der Waals surface area contributed by atoms with Crippen LogP contribution in [0.4, 0.5) is 0 Å². The van der Waals surface area contributed by atoms with Crippen molar-refractivity contribution in [2.45, 2.75) is 58.3 Å². The Hall–Kier alpha value is -1.41. The van der Waals surface area contributed by atoms with Gasteiger partial charge in [-0.15, -0.1) is 0 Å². The van der Waals surface area contributed by atoms with Crippen LogP contribution in [0.25, 0.3) is 0 Å². The summed E-state index contributed by atoms with van der Waals surface area (Å²) in [6.45, 7) is 9.69. The van der Waals surface area contributed by atoms with Gasteiger partial charge in [-0.3, -0.25) is 9.89 Å². The maximum atomic E-state index is 13.0. The molecule has 1 aliphatic heterocycles. The highest BCUT2D eigenvalue weighted by molar-refractivity contribution is 7.89. The highest BCUT2D eigenvalue weighted by Crippen LogP contribution is 2.27. The van der Waals surface area contributed by atoms with Gasteiger partial charge in [0.15, 0.2) is 0 Å². The topological polar surface area (TPSA) is 86.4 Å². The molecule has 0 bridgehead atoms. The van der Waals surface area contributed by atoms with Crippen LogP contribution < -0.4 is 0 Å². The van der Waals surface area contributed by atoms with E-state index in [0.29, 0.717) is 24.4 Å². The molecule has 1 aromatic heterocycles. The summed E-state index contributed by atoms with van der Waals surface area (Å²) in [6.07, 6.45) is 3.28. The largest absolute Gasteiger partial charge is 0.342 e. The monoisotopic (exact) mass is 370 g/mol. The smallest absolute Gasteiger partial charge is 0.246 e. The Labute approximate surface area is 150 Å². The molecule has 1 N–H and O–H groups in total. The molecule has 1 amide bonds. The van der Waals surface area contributed by atoms with Gasteiger partial charge in [-0.1, -0.05) is 13.8 Å². The standard InChI is InChI=1S/C17H30N4O3S/c1-5-9-20(10-6-2)17(22)15-8-7-11-21(12-15)25(23,24)16-13(3)18-19-14(16)4/h15H,5-12H2,1-4H3,(H,18,19). The van der Waals surface area contributed by atoms with Gasteiger partial charge in [0.1, 0.15) is 4.90 Å². The Balaban J connectivity index is 2.19. The normalized spacial score (nSPS) is 19.1. The Kier molecular flexibility index (Phi) is 6.62. The van der Waals surface area contributed by atoms with E-state index in [1.54, 1.807) is 13.8 Å². The predicted octanol–water partition coefficient (Wildman–Crippen LogP) is 2.08. The van der Waals surface area contributed by atoms with E-state index in [-0.39, 0.29) is 23.3 Å². The molecule has 0 aliphatic carbocycles. The van der Waals surface area contributed by atoms with Crippen LogP contribution in [0.3, 0.4) is 0 Å². The lowest BCUT2D eigenvalue weighted by Gasteiger charge is -2.34. The zero-order valence-corrected chi connectivity index (χ0v) is 16.5. The van der Waals surface area contributed by atoms with E-state index in [9.17, 15) is 13.2 Å². The highest BCUT2D eigenvalue weighted by atomic mass is 32.2. The van der Waals surface area contributed by atoms with Crippen molar-refractivity contribution in [3.8, 4) is 0 Å². The van der Waals surface area contributed by atoms with Gasteiger partial charge in [-0.25, -0.2) is 8.42 Å². The Morgan fingerprint density at radius 2 is 1.92 bits per heavy atom. The molecule has 142 valence electrons. The first-order valence-corrected chi connectivity index (χ1v) is 10.6. The summed E-state index contributed by atoms with van der Waals surface area (Å²) in [5, 5.41) is 6.74. The molecular weight excluding hydrogens is 340 g/mol. The summed E-state index contributed by atoms with van der Waals surface area (Å²) >= 11 is 0. The molecule has 1 fully saturated rings. The third-order valence-electron chi connectivity index (χ3n) is 4.69. The summed E-state index contributed by atoms with van der Waals surface area (Å²) in [6, 6.07) is 0. The van der Waals surface area contributed by atoms with Crippen molar-refractivity contribution in [3.05, 3.63) is 11.4 Å². The average Bonchev–Trinajstić information content (AvgIpc) is 2.93. The molecule has 0 spiro atoms. The van der Waals surface area contributed by atoms with Crippen molar-refractivity contribution in [1.29, 1.82) is 0 Å². The third kappa shape index (κ3) is 4.23. The fourth-order valence-electron chi connectivity index (χ4n) is 3.54. The molecule has 0 aromatic carbocycles. The zero-order valence-electron chi connectivity index (χ0n) is 15.7. The van der Waals surface area contributed by atoms with Crippen LogP contribution in [-0.2, 0) is 14.8 Å². The highest BCUT2D eigenvalue weighted by Gasteiger charge is 2.36. The van der Waals surface area contributed by atoms with Crippen LogP contribution in [0.5, 0.6) is 0 Å². The second-order valence-electron chi connectivity index (χ2n) is 6.79. The van der Waals surface area contributed by atoms with E-state index in [1.807, 2.05) is 4.90 Å². The fourth-order valence-corrected chi connectivity index (χ4v) is 5.40. The Morgan fingerprint density at radius 3 is 2.44 bits per heavy atom. The summed E-state index contributed by atoms with van der Waals surface area (Å²) in [4.78, 5) is 15.0. The number of carbonyl (C=O) groups is 1. The predicted molar refractivity (Wildman–Crippen MR) is 96.7 cm³/mol. The van der Waals surface area contributed by atoms with Gasteiger partial charge in [-0.05, 0) is 39.5 Å². The number of nitrogens with one attached hydrogen (secondary N) is 1. The number of rotatable bonds is 7. The molecule has 1 aromatic rings. The number of amides is 1. The van der Waals surface area contributed by atoms with Crippen molar-refractivity contribution in [3.63, 3.8) is 0 Å². The fraction of sp³-hybridized carbons (Fsp3) is 0.765. The van der Waals surface area contributed by atoms with E-state index in [1.165, 1.54) is 4.31 Å². The molecule has 0 saturated carbocycles. The molecule has 1 aliphatic rings. The number of carbonyl (C=O) groups excluding carboxylic acids is 1. The van der Waals surface area contributed by atoms with E-state index in [0.717, 1.165) is 32.4 Å². The van der Waals surface area contributed by atoms with E-state index >= 15 is 0 Å². The minimum Gasteiger partial charge on any atom is -0.342 e. The third-order valence-corrected chi connectivity index (χ3v) is 6.82. The van der Waals surface area contributed by atoms with Gasteiger partial charge in [0, 0.05) is 26.2 Å². The van der Waals surface area contributed by atoms with Crippen molar-refractivity contribution in [2.24, 2.45) is 5.92 Å². The van der Waals surface area contributed by atoms with Gasteiger partial charge in [0.05, 0.1) is 17.3 Å². The number of piperidine rings is 1. The van der Waals surface area contributed by atoms with Crippen LogP contribution in [0, 0.1) is 19.8 Å². The number of hydrogen-bond acceptors (Lipinski definition) is 4. The van der Waals surface area contributed by atoms with Crippen molar-refractivity contribution in [1.82, 2.24) is 19.4 Å². The molecule has 1 atom stereocenters. The molecule has 7 nitrogen and oxygen atoms in total. The van der Waals surface area contributed by atoms with Gasteiger partial charge in [-0.2, -0.15) is 9.40 Å². The van der Waals surface area contributed by atoms with Gasteiger partial charge in [0.2, 0.25) is 15.9 Å². The number of aryl methyl sites for hydroxylation is 2. The summed E-state index contributed by atoms with van der Waals surface area (Å²) < 4.78 is 27.5. The second kappa shape index (κ2) is 8.31. The van der Waals surface area contributed by atoms with E-state index < -0.39 is 10.0 Å². The number of nitrogens with zero attached hydrogens (tertiary/aromatic N) is 3. The van der Waals surface area contributed by atoms with Crippen molar-refractivity contribution >= 4 is 15.9 Å². The van der Waals surface area contributed by atoms with Gasteiger partial charge < -0.3 is 4.90 Å². The number of aromatic amines is 1. The molecule has 25 heavy (non-hydrogen) atoms. The van der Waals surface area contributed by atoms with Gasteiger partial charge >= 0.3 is 0 Å². The number of sulfonamides is 1. The first kappa shape index (κ1) is 19.9. The molecule has 2 heterocycles. The summed E-state index contributed by atoms with van der Waals surface area (Å²) in [7, 11) is -3.63. The molecule has 1 unspecified atom stereocenters. The molecule has 0 radical (unpaired) electrons. The average molecular weight is 371 g/mol. The van der Waals surface area contributed by atoms with Gasteiger partial charge in [0.25, 0.3) is 0 Å². The minimum absolute atomic E-state index is 0.0873. The van der Waals surface area contributed by atoms with E-state index in [4.69, 9.17) is 0 Å². The van der Waals surface area contributed by atoms with Crippen LogP contribution in [0.1, 0.15) is 50.9 Å². The van der Waals surface area contributed by atoms with Crippen LogP contribution in [0.15, 0.2) is 4.90 Å². The SMILES string of the molecule is CCCN(CCC)C(=O)C1CCCN(S(=O)(=O)c2c(C)n[nH]c2C)C1. The summed E-state index contributed by atoms with van der Waals surface area (Å²) in [5.41, 5.74) is 1.02. The second-order valence-corrected chi connectivity index (χ2v) is 8.67. The molecule has 8 heteroatoms. The molecule has 1 saturated heterocycles. The zero-order chi connectivity index (χ0) is 18.6. The lowest BCUT2D eigenvalue weighted by Crippen LogP contribution is -2.47. The van der Waals surface area contributed by atoms with Crippen LogP contribution >= 0.6 is 0 Å². The van der Waals surface area contributed by atoms with Crippen LogP contribution in [-0.4, -0.2) is 59.9 Å². The number of aromatic nitrogens is 2. The first-order chi connectivity index (χ1) is 11.8. The maximum Gasteiger partial charge on any atom is 0.246 e. The lowest BCUT2D eigenvalue weighted by molar-refractivity contribution is -0.136.